The van der Waals surface area contributed by atoms with Crippen LogP contribution < -0.4 is 5.32 Å². The van der Waals surface area contributed by atoms with E-state index in [-0.39, 0.29) is 12.5 Å². The summed E-state index contributed by atoms with van der Waals surface area (Å²) in [5.74, 6) is -0.325. The minimum atomic E-state index is -1.07. The Balaban J connectivity index is 2.58. The molecule has 1 heterocycles. The van der Waals surface area contributed by atoms with Crippen LogP contribution >= 0.6 is 0 Å². The molecular formula is C9H16N2O4. The van der Waals surface area contributed by atoms with E-state index in [1.165, 1.54) is 0 Å². The van der Waals surface area contributed by atoms with Gasteiger partial charge in [-0.1, -0.05) is 13.3 Å². The first-order valence-electron chi connectivity index (χ1n) is 5.01. The molecule has 0 spiro atoms. The standard InChI is InChI=1S/C9H16N2O4/c1-2-3-7-8(14)11(9(15)10-7)4-6(13)5-12/h6-7,12-13H,2-5H2,1H3,(H,10,15). The summed E-state index contributed by atoms with van der Waals surface area (Å²) in [6, 6.07) is -0.973. The number of aliphatic hydroxyl groups excluding tert-OH is 2. The number of imide groups is 1. The van der Waals surface area contributed by atoms with Gasteiger partial charge in [-0.2, -0.15) is 0 Å². The number of amides is 3. The lowest BCUT2D eigenvalue weighted by atomic mass is 10.1. The van der Waals surface area contributed by atoms with Crippen LogP contribution in [0.5, 0.6) is 0 Å². The van der Waals surface area contributed by atoms with Gasteiger partial charge in [-0.3, -0.25) is 9.69 Å². The van der Waals surface area contributed by atoms with Crippen LogP contribution in [0, 0.1) is 0 Å². The molecule has 1 rings (SSSR count). The Morgan fingerprint density at radius 2 is 2.20 bits per heavy atom. The molecule has 2 atom stereocenters. The third kappa shape index (κ3) is 2.66. The number of hydrogen-bond acceptors (Lipinski definition) is 4. The number of hydrogen-bond donors (Lipinski definition) is 3. The van der Waals surface area contributed by atoms with Crippen molar-refractivity contribution in [3.63, 3.8) is 0 Å². The quantitative estimate of drug-likeness (QED) is 0.517. The van der Waals surface area contributed by atoms with Gasteiger partial charge in [-0.25, -0.2) is 4.79 Å². The second kappa shape index (κ2) is 5.09. The van der Waals surface area contributed by atoms with Gasteiger partial charge in [-0.05, 0) is 6.42 Å². The number of nitrogens with zero attached hydrogens (tertiary/aromatic N) is 1. The van der Waals surface area contributed by atoms with Gasteiger partial charge in [0.05, 0.1) is 19.3 Å². The second-order valence-electron chi connectivity index (χ2n) is 3.58. The number of aliphatic hydroxyl groups is 2. The van der Waals surface area contributed by atoms with Gasteiger partial charge in [-0.15, -0.1) is 0 Å². The first kappa shape index (κ1) is 11.9. The minimum Gasteiger partial charge on any atom is -0.394 e. The van der Waals surface area contributed by atoms with E-state index in [2.05, 4.69) is 5.32 Å². The molecule has 0 aromatic heterocycles. The average molecular weight is 216 g/mol. The Bertz CT molecular complexity index is 256. The van der Waals surface area contributed by atoms with E-state index < -0.39 is 24.8 Å². The number of carbonyl (C=O) groups excluding carboxylic acids is 2. The van der Waals surface area contributed by atoms with E-state index in [4.69, 9.17) is 10.2 Å². The fourth-order valence-electron chi connectivity index (χ4n) is 1.50. The lowest BCUT2D eigenvalue weighted by molar-refractivity contribution is -0.128. The SMILES string of the molecule is CCCC1NC(=O)N(CC(O)CO)C1=O. The van der Waals surface area contributed by atoms with Crippen molar-refractivity contribution < 1.29 is 19.8 Å². The van der Waals surface area contributed by atoms with E-state index in [1.807, 2.05) is 6.92 Å². The molecule has 0 bridgehead atoms. The van der Waals surface area contributed by atoms with Crippen molar-refractivity contribution in [2.75, 3.05) is 13.2 Å². The zero-order valence-electron chi connectivity index (χ0n) is 8.64. The molecule has 6 heteroatoms. The fraction of sp³-hybridized carbons (Fsp3) is 0.778. The molecule has 15 heavy (non-hydrogen) atoms. The fourth-order valence-corrected chi connectivity index (χ4v) is 1.50. The average Bonchev–Trinajstić information content (AvgIpc) is 2.46. The van der Waals surface area contributed by atoms with E-state index in [0.29, 0.717) is 6.42 Å². The van der Waals surface area contributed by atoms with Crippen molar-refractivity contribution in [1.29, 1.82) is 0 Å². The predicted molar refractivity (Wildman–Crippen MR) is 52.0 cm³/mol. The molecule has 1 aliphatic rings. The molecule has 0 saturated carbocycles. The zero-order chi connectivity index (χ0) is 11.4. The number of carbonyl (C=O) groups is 2. The molecule has 1 saturated heterocycles. The first-order chi connectivity index (χ1) is 7.10. The van der Waals surface area contributed by atoms with Crippen molar-refractivity contribution in [3.8, 4) is 0 Å². The highest BCUT2D eigenvalue weighted by Gasteiger charge is 2.37. The van der Waals surface area contributed by atoms with Crippen LogP contribution in [0.25, 0.3) is 0 Å². The monoisotopic (exact) mass is 216 g/mol. The third-order valence-corrected chi connectivity index (χ3v) is 2.29. The van der Waals surface area contributed by atoms with Gasteiger partial charge >= 0.3 is 6.03 Å². The van der Waals surface area contributed by atoms with Crippen LogP contribution in [0.2, 0.25) is 0 Å². The van der Waals surface area contributed by atoms with E-state index in [1.54, 1.807) is 0 Å². The highest BCUT2D eigenvalue weighted by molar-refractivity contribution is 6.04. The second-order valence-corrected chi connectivity index (χ2v) is 3.58. The number of rotatable bonds is 5. The maximum Gasteiger partial charge on any atom is 0.324 e. The minimum absolute atomic E-state index is 0.151. The topological polar surface area (TPSA) is 89.9 Å². The Hall–Kier alpha value is -1.14. The highest BCUT2D eigenvalue weighted by atomic mass is 16.3. The van der Waals surface area contributed by atoms with Crippen molar-refractivity contribution in [1.82, 2.24) is 10.2 Å². The molecule has 0 aliphatic carbocycles. The summed E-state index contributed by atoms with van der Waals surface area (Å²) in [7, 11) is 0. The molecule has 86 valence electrons. The van der Waals surface area contributed by atoms with E-state index in [9.17, 15) is 9.59 Å². The molecule has 3 amide bonds. The number of urea groups is 1. The maximum atomic E-state index is 11.6. The van der Waals surface area contributed by atoms with Crippen LogP contribution in [-0.4, -0.2) is 52.3 Å². The molecular weight excluding hydrogens is 200 g/mol. The summed E-state index contributed by atoms with van der Waals surface area (Å²) >= 11 is 0. The third-order valence-electron chi connectivity index (χ3n) is 2.29. The van der Waals surface area contributed by atoms with E-state index in [0.717, 1.165) is 11.3 Å². The van der Waals surface area contributed by atoms with Crippen LogP contribution in [0.1, 0.15) is 19.8 Å². The van der Waals surface area contributed by atoms with E-state index >= 15 is 0 Å². The van der Waals surface area contributed by atoms with Gasteiger partial charge in [0, 0.05) is 0 Å². The molecule has 1 aliphatic heterocycles. The molecule has 1 fully saturated rings. The summed E-state index contributed by atoms with van der Waals surface area (Å²) in [5.41, 5.74) is 0. The van der Waals surface area contributed by atoms with Crippen molar-refractivity contribution in [2.45, 2.75) is 31.9 Å². The molecule has 0 aromatic rings. The molecule has 0 radical (unpaired) electrons. The molecule has 6 nitrogen and oxygen atoms in total. The summed E-state index contributed by atoms with van der Waals surface area (Å²) in [6.45, 7) is 1.31. The molecule has 2 unspecified atom stereocenters. The van der Waals surface area contributed by atoms with Crippen molar-refractivity contribution in [2.24, 2.45) is 0 Å². The normalized spacial score (nSPS) is 23.1. The Morgan fingerprint density at radius 1 is 1.53 bits per heavy atom. The predicted octanol–water partition coefficient (Wildman–Crippen LogP) is -0.940. The Kier molecular flexibility index (Phi) is 4.05. The molecule has 0 aromatic carbocycles. The first-order valence-corrected chi connectivity index (χ1v) is 5.01. The molecule has 3 N–H and O–H groups in total. The Labute approximate surface area is 87.9 Å². The lowest BCUT2D eigenvalue weighted by Crippen LogP contribution is -2.39. The van der Waals surface area contributed by atoms with Crippen LogP contribution in [0.3, 0.4) is 0 Å². The number of β-amino-alcohol motifs (C(OH)–C–C–N with tert-alkyl or cyclic N) is 1. The van der Waals surface area contributed by atoms with Crippen LogP contribution in [0.4, 0.5) is 4.79 Å². The Morgan fingerprint density at radius 3 is 2.73 bits per heavy atom. The maximum absolute atomic E-state index is 11.6. The van der Waals surface area contributed by atoms with Gasteiger partial charge in [0.2, 0.25) is 0 Å². The zero-order valence-corrected chi connectivity index (χ0v) is 8.64. The summed E-state index contributed by atoms with van der Waals surface area (Å²) in [6.07, 6.45) is 0.323. The largest absolute Gasteiger partial charge is 0.394 e. The van der Waals surface area contributed by atoms with Crippen LogP contribution in [0.15, 0.2) is 0 Å². The number of nitrogens with one attached hydrogen (secondary N) is 1. The van der Waals surface area contributed by atoms with Gasteiger partial charge < -0.3 is 15.5 Å². The highest BCUT2D eigenvalue weighted by Crippen LogP contribution is 2.11. The van der Waals surface area contributed by atoms with Crippen molar-refractivity contribution >= 4 is 11.9 Å². The van der Waals surface area contributed by atoms with Crippen molar-refractivity contribution in [3.05, 3.63) is 0 Å². The summed E-state index contributed by atoms with van der Waals surface area (Å²) < 4.78 is 0. The van der Waals surface area contributed by atoms with Gasteiger partial charge in [0.1, 0.15) is 6.04 Å². The lowest BCUT2D eigenvalue weighted by Gasteiger charge is -2.15. The smallest absolute Gasteiger partial charge is 0.324 e. The van der Waals surface area contributed by atoms with Crippen LogP contribution in [-0.2, 0) is 4.79 Å². The summed E-state index contributed by atoms with van der Waals surface area (Å²) in [5, 5.41) is 20.3. The van der Waals surface area contributed by atoms with Gasteiger partial charge in [0.15, 0.2) is 0 Å². The van der Waals surface area contributed by atoms with Gasteiger partial charge in [0.25, 0.3) is 5.91 Å². The summed E-state index contributed by atoms with van der Waals surface area (Å²) in [4.78, 5) is 23.9.